The SMILES string of the molecule is O=C(Nc1cccc2ccccc12)c1ccc([N+](=O)[O-])c([N+](=O)[O-])c1. The van der Waals surface area contributed by atoms with Crippen LogP contribution in [0.4, 0.5) is 17.1 Å². The molecule has 0 spiro atoms. The maximum Gasteiger partial charge on any atom is 0.346 e. The van der Waals surface area contributed by atoms with E-state index >= 15 is 0 Å². The lowest BCUT2D eigenvalue weighted by Gasteiger charge is -2.08. The minimum absolute atomic E-state index is 0.0368. The van der Waals surface area contributed by atoms with E-state index in [1.165, 1.54) is 6.07 Å². The van der Waals surface area contributed by atoms with Gasteiger partial charge in [0, 0.05) is 28.8 Å². The van der Waals surface area contributed by atoms with Crippen LogP contribution < -0.4 is 5.32 Å². The summed E-state index contributed by atoms with van der Waals surface area (Å²) in [5.41, 5.74) is -0.878. The first kappa shape index (κ1) is 16.1. The Kier molecular flexibility index (Phi) is 4.09. The van der Waals surface area contributed by atoms with Crippen LogP contribution in [0.15, 0.2) is 60.7 Å². The van der Waals surface area contributed by atoms with E-state index in [1.54, 1.807) is 12.1 Å². The molecule has 0 aliphatic rings. The van der Waals surface area contributed by atoms with Crippen molar-refractivity contribution in [3.05, 3.63) is 86.5 Å². The van der Waals surface area contributed by atoms with Crippen molar-refractivity contribution >= 4 is 33.7 Å². The summed E-state index contributed by atoms with van der Waals surface area (Å²) in [6, 6.07) is 15.8. The van der Waals surface area contributed by atoms with Gasteiger partial charge in [-0.3, -0.25) is 25.0 Å². The fourth-order valence-electron chi connectivity index (χ4n) is 2.49. The first-order chi connectivity index (χ1) is 12.0. The van der Waals surface area contributed by atoms with Gasteiger partial charge < -0.3 is 5.32 Å². The van der Waals surface area contributed by atoms with Gasteiger partial charge in [-0.2, -0.15) is 0 Å². The van der Waals surface area contributed by atoms with E-state index in [-0.39, 0.29) is 5.56 Å². The Morgan fingerprint density at radius 1 is 0.840 bits per heavy atom. The van der Waals surface area contributed by atoms with Crippen molar-refractivity contribution in [3.8, 4) is 0 Å². The minimum atomic E-state index is -0.882. The highest BCUT2D eigenvalue weighted by Crippen LogP contribution is 2.28. The zero-order chi connectivity index (χ0) is 18.0. The van der Waals surface area contributed by atoms with E-state index in [1.807, 2.05) is 30.3 Å². The molecule has 0 atom stereocenters. The van der Waals surface area contributed by atoms with E-state index in [4.69, 9.17) is 0 Å². The van der Waals surface area contributed by atoms with Gasteiger partial charge in [-0.05, 0) is 17.5 Å². The normalized spacial score (nSPS) is 10.4. The third kappa shape index (κ3) is 3.13. The summed E-state index contributed by atoms with van der Waals surface area (Å²) in [5, 5.41) is 26.3. The number of carbonyl (C=O) groups excluding carboxylic acids is 1. The predicted octanol–water partition coefficient (Wildman–Crippen LogP) is 3.91. The second-order valence-corrected chi connectivity index (χ2v) is 5.20. The van der Waals surface area contributed by atoms with Crippen molar-refractivity contribution in [3.63, 3.8) is 0 Å². The molecule has 124 valence electrons. The molecule has 3 aromatic carbocycles. The van der Waals surface area contributed by atoms with E-state index in [0.29, 0.717) is 5.69 Å². The van der Waals surface area contributed by atoms with Crippen LogP contribution in [0.3, 0.4) is 0 Å². The van der Waals surface area contributed by atoms with Crippen LogP contribution in [-0.2, 0) is 0 Å². The van der Waals surface area contributed by atoms with Gasteiger partial charge in [-0.1, -0.05) is 36.4 Å². The molecule has 0 radical (unpaired) electrons. The molecule has 8 nitrogen and oxygen atoms in total. The number of nitro groups is 2. The van der Waals surface area contributed by atoms with Gasteiger partial charge in [-0.25, -0.2) is 0 Å². The van der Waals surface area contributed by atoms with Gasteiger partial charge >= 0.3 is 11.4 Å². The lowest BCUT2D eigenvalue weighted by molar-refractivity contribution is -0.422. The molecule has 0 bridgehead atoms. The number of anilines is 1. The molecule has 0 aliphatic heterocycles. The first-order valence-corrected chi connectivity index (χ1v) is 7.19. The Hall–Kier alpha value is -3.81. The number of hydrogen-bond acceptors (Lipinski definition) is 5. The van der Waals surface area contributed by atoms with Crippen LogP contribution in [0.5, 0.6) is 0 Å². The highest BCUT2D eigenvalue weighted by atomic mass is 16.6. The predicted molar refractivity (Wildman–Crippen MR) is 91.7 cm³/mol. The molecule has 1 amide bonds. The molecule has 0 aliphatic carbocycles. The van der Waals surface area contributed by atoms with Gasteiger partial charge in [0.05, 0.1) is 9.85 Å². The molecule has 0 unspecified atom stereocenters. The zero-order valence-corrected chi connectivity index (χ0v) is 12.7. The molecular formula is C17H11N3O5. The molecule has 0 saturated heterocycles. The number of rotatable bonds is 4. The second kappa shape index (κ2) is 6.36. The van der Waals surface area contributed by atoms with Crippen LogP contribution >= 0.6 is 0 Å². The Bertz CT molecular complexity index is 1010. The number of carbonyl (C=O) groups is 1. The third-order valence-electron chi connectivity index (χ3n) is 3.67. The molecule has 0 saturated carbocycles. The highest BCUT2D eigenvalue weighted by Gasteiger charge is 2.25. The van der Waals surface area contributed by atoms with Gasteiger partial charge in [-0.15, -0.1) is 0 Å². The second-order valence-electron chi connectivity index (χ2n) is 5.20. The highest BCUT2D eigenvalue weighted by molar-refractivity contribution is 6.09. The molecule has 0 heterocycles. The monoisotopic (exact) mass is 337 g/mol. The fourth-order valence-corrected chi connectivity index (χ4v) is 2.49. The Morgan fingerprint density at radius 3 is 2.24 bits per heavy atom. The molecule has 0 fully saturated rings. The molecule has 25 heavy (non-hydrogen) atoms. The number of fused-ring (bicyclic) bond motifs is 1. The van der Waals surface area contributed by atoms with Gasteiger partial charge in [0.15, 0.2) is 0 Å². The number of nitrogens with one attached hydrogen (secondary N) is 1. The number of nitro benzene ring substituents is 2. The first-order valence-electron chi connectivity index (χ1n) is 7.19. The molecule has 0 aromatic heterocycles. The van der Waals surface area contributed by atoms with Crippen LogP contribution in [0.2, 0.25) is 0 Å². The average Bonchev–Trinajstić information content (AvgIpc) is 2.61. The summed E-state index contributed by atoms with van der Waals surface area (Å²) in [4.78, 5) is 32.5. The maximum absolute atomic E-state index is 12.4. The van der Waals surface area contributed by atoms with Gasteiger partial charge in [0.2, 0.25) is 0 Å². The van der Waals surface area contributed by atoms with Crippen molar-refractivity contribution in [1.29, 1.82) is 0 Å². The molecule has 1 N–H and O–H groups in total. The summed E-state index contributed by atoms with van der Waals surface area (Å²) in [6.07, 6.45) is 0. The van der Waals surface area contributed by atoms with Crippen molar-refractivity contribution in [2.75, 3.05) is 5.32 Å². The number of hydrogen-bond donors (Lipinski definition) is 1. The van der Waals surface area contributed by atoms with Crippen LogP contribution in [0.25, 0.3) is 10.8 Å². The molecular weight excluding hydrogens is 326 g/mol. The van der Waals surface area contributed by atoms with Crippen LogP contribution in [-0.4, -0.2) is 15.8 Å². The summed E-state index contributed by atoms with van der Waals surface area (Å²) in [6.45, 7) is 0. The molecule has 3 aromatic rings. The average molecular weight is 337 g/mol. The lowest BCUT2D eigenvalue weighted by Crippen LogP contribution is -2.12. The Morgan fingerprint density at radius 2 is 1.52 bits per heavy atom. The topological polar surface area (TPSA) is 115 Å². The van der Waals surface area contributed by atoms with E-state index in [0.717, 1.165) is 22.9 Å². The minimum Gasteiger partial charge on any atom is -0.321 e. The van der Waals surface area contributed by atoms with Crippen LogP contribution in [0, 0.1) is 20.2 Å². The largest absolute Gasteiger partial charge is 0.346 e. The summed E-state index contributed by atoms with van der Waals surface area (Å²) < 4.78 is 0. The molecule has 3 rings (SSSR count). The van der Waals surface area contributed by atoms with E-state index < -0.39 is 27.1 Å². The fraction of sp³-hybridized carbons (Fsp3) is 0. The molecule has 8 heteroatoms. The number of amides is 1. The van der Waals surface area contributed by atoms with Crippen molar-refractivity contribution in [1.82, 2.24) is 0 Å². The lowest BCUT2D eigenvalue weighted by atomic mass is 10.1. The number of nitrogens with zero attached hydrogens (tertiary/aromatic N) is 2. The Balaban J connectivity index is 1.97. The smallest absolute Gasteiger partial charge is 0.321 e. The standard InChI is InChI=1S/C17H11N3O5/c21-17(12-8-9-15(19(22)23)16(10-12)20(24)25)18-14-7-3-5-11-4-1-2-6-13(11)14/h1-10H,(H,18,21). The van der Waals surface area contributed by atoms with Crippen molar-refractivity contribution < 1.29 is 14.6 Å². The summed E-state index contributed by atoms with van der Waals surface area (Å²) >= 11 is 0. The number of benzene rings is 3. The Labute approximate surface area is 141 Å². The zero-order valence-electron chi connectivity index (χ0n) is 12.7. The summed E-state index contributed by atoms with van der Waals surface area (Å²) in [5.74, 6) is -0.589. The van der Waals surface area contributed by atoms with Gasteiger partial charge in [0.1, 0.15) is 0 Å². The quantitative estimate of drug-likeness (QED) is 0.572. The maximum atomic E-state index is 12.4. The third-order valence-corrected chi connectivity index (χ3v) is 3.67. The van der Waals surface area contributed by atoms with Crippen molar-refractivity contribution in [2.24, 2.45) is 0 Å². The van der Waals surface area contributed by atoms with Crippen molar-refractivity contribution in [2.45, 2.75) is 0 Å². The van der Waals surface area contributed by atoms with E-state index in [2.05, 4.69) is 5.32 Å². The summed E-state index contributed by atoms with van der Waals surface area (Å²) in [7, 11) is 0. The van der Waals surface area contributed by atoms with E-state index in [9.17, 15) is 25.0 Å². The van der Waals surface area contributed by atoms with Crippen LogP contribution in [0.1, 0.15) is 10.4 Å². The van der Waals surface area contributed by atoms with Gasteiger partial charge in [0.25, 0.3) is 5.91 Å².